The van der Waals surface area contributed by atoms with Crippen molar-refractivity contribution in [1.29, 1.82) is 0 Å². The van der Waals surface area contributed by atoms with Gasteiger partial charge in [0.15, 0.2) is 0 Å². The lowest BCUT2D eigenvalue weighted by Crippen LogP contribution is -2.59. The van der Waals surface area contributed by atoms with Gasteiger partial charge in [-0.2, -0.15) is 0 Å². The molecule has 8 aliphatic carbocycles. The molecule has 8 aliphatic rings. The van der Waals surface area contributed by atoms with Gasteiger partial charge in [-0.05, 0) is 210 Å². The normalized spacial score (nSPS) is 43.3. The fraction of sp³-hybridized carbons (Fsp3) is 0.807. The van der Waals surface area contributed by atoms with E-state index >= 15 is 0 Å². The number of rotatable bonds is 18. The maximum absolute atomic E-state index is 13.5. The third-order valence-corrected chi connectivity index (χ3v) is 22.8. The second-order valence-corrected chi connectivity index (χ2v) is 25.1. The zero-order valence-corrected chi connectivity index (χ0v) is 43.0. The number of carbonyl (C=O) groups is 6. The van der Waals surface area contributed by atoms with Crippen molar-refractivity contribution in [3.05, 3.63) is 18.2 Å². The molecular weight excluding hydrogens is 887 g/mol. The first kappa shape index (κ1) is 50.9. The highest BCUT2D eigenvalue weighted by Gasteiger charge is 2.67. The van der Waals surface area contributed by atoms with E-state index in [0.29, 0.717) is 122 Å². The van der Waals surface area contributed by atoms with Crippen LogP contribution >= 0.6 is 0 Å². The molecule has 0 unspecified atom stereocenters. The van der Waals surface area contributed by atoms with Crippen LogP contribution in [0.1, 0.15) is 170 Å². The second-order valence-electron chi connectivity index (χ2n) is 25.1. The standard InChI is InChI=1S/C57H83N3O10/c1-34(42-16-18-44-40-14-12-36-26-38(67-30-61)22-24-54(36,3)46(40)28-48(69-32-63)56(42,44)5)10-20-52(65)59-50-8-7-9-51(58-50)60-53(66)21-11-35(2)43-17-19-45-41-15-13-37-27-39(68-31-62)23-25-55(37,4)47(41)29-49(70-33-64)57(43,45)6/h7-9,30-49H,10-29H2,1-6H3,(H2,58,59,60,65,66)/t34-,35-,36-,37-,38-,39-,40+,41+,42-,43-,44+,45+,46+,47+,48+,49+,54+,55+,56-,57-/m1/s1. The predicted octanol–water partition coefficient (Wildman–Crippen LogP) is 10.5. The van der Waals surface area contributed by atoms with Crippen LogP contribution in [-0.4, -0.2) is 67.1 Å². The van der Waals surface area contributed by atoms with E-state index in [1.54, 1.807) is 18.2 Å². The molecule has 13 nitrogen and oxygen atoms in total. The number of hydrogen-bond acceptors (Lipinski definition) is 11. The molecule has 20 atom stereocenters. The van der Waals surface area contributed by atoms with E-state index in [1.807, 2.05) is 0 Å². The Bertz CT molecular complexity index is 1950. The van der Waals surface area contributed by atoms with E-state index in [2.05, 4.69) is 57.2 Å². The molecule has 0 aromatic carbocycles. The minimum atomic E-state index is -0.170. The quantitative estimate of drug-likeness (QED) is 0.106. The Kier molecular flexibility index (Phi) is 14.9. The summed E-state index contributed by atoms with van der Waals surface area (Å²) in [7, 11) is 0. The summed E-state index contributed by atoms with van der Waals surface area (Å²) in [5.74, 6) is 5.70. The van der Waals surface area contributed by atoms with E-state index in [0.717, 1.165) is 103 Å². The summed E-state index contributed by atoms with van der Waals surface area (Å²) < 4.78 is 23.1. The van der Waals surface area contributed by atoms with Crippen LogP contribution in [0.25, 0.3) is 0 Å². The van der Waals surface area contributed by atoms with Gasteiger partial charge >= 0.3 is 0 Å². The zero-order valence-electron chi connectivity index (χ0n) is 43.0. The number of pyridine rings is 1. The molecule has 0 saturated heterocycles. The Morgan fingerprint density at radius 3 is 1.39 bits per heavy atom. The second kappa shape index (κ2) is 20.5. The number of amides is 2. The van der Waals surface area contributed by atoms with Crippen molar-refractivity contribution >= 4 is 49.3 Å². The van der Waals surface area contributed by atoms with Gasteiger partial charge < -0.3 is 29.6 Å². The summed E-state index contributed by atoms with van der Waals surface area (Å²) in [6.45, 7) is 16.7. The highest BCUT2D eigenvalue weighted by atomic mass is 16.5. The van der Waals surface area contributed by atoms with Crippen LogP contribution in [-0.2, 0) is 47.7 Å². The number of anilines is 2. The van der Waals surface area contributed by atoms with Crippen LogP contribution < -0.4 is 10.6 Å². The number of nitrogens with zero attached hydrogens (tertiary/aromatic N) is 1. The van der Waals surface area contributed by atoms with Crippen LogP contribution in [0.5, 0.6) is 0 Å². The monoisotopic (exact) mass is 970 g/mol. The zero-order chi connectivity index (χ0) is 49.6. The molecule has 9 rings (SSSR count). The molecule has 0 bridgehead atoms. The van der Waals surface area contributed by atoms with Gasteiger partial charge in [-0.25, -0.2) is 4.98 Å². The number of carbonyl (C=O) groups excluding carboxylic acids is 6. The van der Waals surface area contributed by atoms with E-state index in [9.17, 15) is 28.8 Å². The van der Waals surface area contributed by atoms with Crippen molar-refractivity contribution in [3.63, 3.8) is 0 Å². The Labute approximate surface area is 416 Å². The molecule has 8 fully saturated rings. The Hall–Kier alpha value is -4.03. The van der Waals surface area contributed by atoms with Gasteiger partial charge in [-0.3, -0.25) is 28.8 Å². The summed E-state index contributed by atoms with van der Waals surface area (Å²) >= 11 is 0. The van der Waals surface area contributed by atoms with Gasteiger partial charge in [-0.1, -0.05) is 47.6 Å². The molecule has 386 valence electrons. The van der Waals surface area contributed by atoms with Crippen molar-refractivity contribution in [2.24, 2.45) is 92.7 Å². The van der Waals surface area contributed by atoms with Crippen molar-refractivity contribution in [2.75, 3.05) is 10.6 Å². The average molecular weight is 970 g/mol. The first-order valence-corrected chi connectivity index (χ1v) is 27.5. The van der Waals surface area contributed by atoms with Crippen LogP contribution in [0.3, 0.4) is 0 Å². The van der Waals surface area contributed by atoms with Crippen molar-refractivity contribution in [1.82, 2.24) is 4.98 Å². The van der Waals surface area contributed by atoms with Crippen LogP contribution in [0.15, 0.2) is 18.2 Å². The van der Waals surface area contributed by atoms with Gasteiger partial charge in [0, 0.05) is 23.7 Å². The molecule has 1 aromatic rings. The molecule has 0 radical (unpaired) electrons. The number of fused-ring (bicyclic) bond motifs is 10. The van der Waals surface area contributed by atoms with Crippen molar-refractivity contribution in [2.45, 2.75) is 194 Å². The molecule has 8 saturated carbocycles. The number of ether oxygens (including phenoxy) is 4. The summed E-state index contributed by atoms with van der Waals surface area (Å²) in [5.41, 5.74) is -0.0500. The highest BCUT2D eigenvalue weighted by Crippen LogP contribution is 2.71. The molecule has 13 heteroatoms. The molecule has 2 amide bonds. The summed E-state index contributed by atoms with van der Waals surface area (Å²) in [4.78, 5) is 78.2. The molecule has 2 N–H and O–H groups in total. The lowest BCUT2D eigenvalue weighted by atomic mass is 9.43. The summed E-state index contributed by atoms with van der Waals surface area (Å²) in [5, 5.41) is 5.99. The van der Waals surface area contributed by atoms with E-state index in [-0.39, 0.29) is 69.7 Å². The predicted molar refractivity (Wildman–Crippen MR) is 263 cm³/mol. The maximum Gasteiger partial charge on any atom is 0.293 e. The first-order valence-electron chi connectivity index (χ1n) is 27.5. The lowest BCUT2D eigenvalue weighted by molar-refractivity contribution is -0.191. The Morgan fingerprint density at radius 2 is 0.986 bits per heavy atom. The minimum absolute atomic E-state index is 0.00392. The summed E-state index contributed by atoms with van der Waals surface area (Å²) in [6, 6.07) is 5.30. The molecule has 1 aromatic heterocycles. The van der Waals surface area contributed by atoms with Crippen molar-refractivity contribution in [3.8, 4) is 0 Å². The third-order valence-electron chi connectivity index (χ3n) is 22.8. The number of aromatic nitrogens is 1. The van der Waals surface area contributed by atoms with Gasteiger partial charge in [-0.15, -0.1) is 0 Å². The number of nitrogens with one attached hydrogen (secondary N) is 2. The van der Waals surface area contributed by atoms with Gasteiger partial charge in [0.05, 0.1) is 0 Å². The summed E-state index contributed by atoms with van der Waals surface area (Å²) in [6.07, 6.45) is 18.1. The minimum Gasteiger partial charge on any atom is -0.465 e. The van der Waals surface area contributed by atoms with Crippen LogP contribution in [0.4, 0.5) is 11.6 Å². The SMILES string of the molecule is C[C@H](CCC(=O)Nc1cccc(NC(=O)CC[C@@H](C)[C@H]2CC[C@H]3[C@@H]4CC[C@@H]5C[C@H](OC=O)CC[C@]5(C)[C@H]4C[C@H](OC=O)[C@]23C)n1)[C@H]1CC[C@H]2[C@@H]3CC[C@@H]4C[C@H](OC=O)CC[C@]4(C)[C@H]3C[C@H](OC=O)[C@]12C. The molecule has 70 heavy (non-hydrogen) atoms. The first-order chi connectivity index (χ1) is 33.6. The number of hydrogen-bond donors (Lipinski definition) is 2. The maximum atomic E-state index is 13.5. The average Bonchev–Trinajstić information content (AvgIpc) is 3.89. The molecule has 0 aliphatic heterocycles. The molecule has 0 spiro atoms. The topological polar surface area (TPSA) is 176 Å². The third kappa shape index (κ3) is 8.99. The van der Waals surface area contributed by atoms with Gasteiger partial charge in [0.1, 0.15) is 36.1 Å². The van der Waals surface area contributed by atoms with Gasteiger partial charge in [0.2, 0.25) is 11.8 Å². The fourth-order valence-electron chi connectivity index (χ4n) is 19.3. The van der Waals surface area contributed by atoms with E-state index < -0.39 is 0 Å². The van der Waals surface area contributed by atoms with Crippen molar-refractivity contribution < 1.29 is 47.7 Å². The largest absolute Gasteiger partial charge is 0.465 e. The smallest absolute Gasteiger partial charge is 0.293 e. The van der Waals surface area contributed by atoms with E-state index in [4.69, 9.17) is 18.9 Å². The lowest BCUT2D eigenvalue weighted by Gasteiger charge is -2.62. The van der Waals surface area contributed by atoms with Gasteiger partial charge in [0.25, 0.3) is 25.9 Å². The van der Waals surface area contributed by atoms with Crippen LogP contribution in [0.2, 0.25) is 0 Å². The highest BCUT2D eigenvalue weighted by molar-refractivity contribution is 5.92. The Morgan fingerprint density at radius 1 is 0.571 bits per heavy atom. The van der Waals surface area contributed by atoms with Crippen LogP contribution in [0, 0.1) is 92.7 Å². The molecular formula is C57H83N3O10. The Balaban J connectivity index is 0.765. The fourth-order valence-corrected chi connectivity index (χ4v) is 19.3. The molecule has 1 heterocycles. The van der Waals surface area contributed by atoms with E-state index in [1.165, 1.54) is 0 Å².